The fraction of sp³-hybridized carbons (Fsp3) is 0.520. The van der Waals surface area contributed by atoms with Gasteiger partial charge in [0.2, 0.25) is 0 Å². The highest BCUT2D eigenvalue weighted by Gasteiger charge is 2.18. The van der Waals surface area contributed by atoms with Gasteiger partial charge in [-0.25, -0.2) is 0 Å². The molecule has 1 unspecified atom stereocenters. The van der Waals surface area contributed by atoms with E-state index in [1.807, 2.05) is 0 Å². The van der Waals surface area contributed by atoms with Crippen molar-refractivity contribution in [2.75, 3.05) is 0 Å². The summed E-state index contributed by atoms with van der Waals surface area (Å²) in [5.74, 6) is 0.920. The molecule has 25 heavy (non-hydrogen) atoms. The molecule has 0 N–H and O–H groups in total. The fourth-order valence-corrected chi connectivity index (χ4v) is 4.23. The van der Waals surface area contributed by atoms with Gasteiger partial charge in [-0.1, -0.05) is 94.8 Å². The highest BCUT2D eigenvalue weighted by molar-refractivity contribution is 5.65. The van der Waals surface area contributed by atoms with Crippen molar-refractivity contribution in [3.05, 3.63) is 59.2 Å². The van der Waals surface area contributed by atoms with Crippen LogP contribution < -0.4 is 0 Å². The van der Waals surface area contributed by atoms with Crippen LogP contribution in [0.15, 0.2) is 42.5 Å². The maximum atomic E-state index is 2.45. The minimum absolute atomic E-state index is 0.920. The van der Waals surface area contributed by atoms with Crippen molar-refractivity contribution in [3.63, 3.8) is 0 Å². The van der Waals surface area contributed by atoms with Crippen molar-refractivity contribution < 1.29 is 0 Å². The van der Waals surface area contributed by atoms with Crippen molar-refractivity contribution in [1.82, 2.24) is 0 Å². The molecule has 134 valence electrons. The maximum absolute atomic E-state index is 2.45. The zero-order chi connectivity index (χ0) is 17.5. The van der Waals surface area contributed by atoms with Crippen molar-refractivity contribution in [2.45, 2.75) is 78.1 Å². The quantitative estimate of drug-likeness (QED) is 0.442. The van der Waals surface area contributed by atoms with Crippen LogP contribution in [0.5, 0.6) is 0 Å². The van der Waals surface area contributed by atoms with E-state index in [1.165, 1.54) is 74.5 Å². The molecule has 0 amide bonds. The van der Waals surface area contributed by atoms with Crippen molar-refractivity contribution >= 4 is 0 Å². The summed E-state index contributed by atoms with van der Waals surface area (Å²) in [4.78, 5) is 0. The summed E-state index contributed by atoms with van der Waals surface area (Å²) in [6, 6.07) is 16.3. The zero-order valence-corrected chi connectivity index (χ0v) is 16.2. The Morgan fingerprint density at radius 2 is 1.56 bits per heavy atom. The second-order valence-corrected chi connectivity index (χ2v) is 7.85. The third-order valence-electron chi connectivity index (χ3n) is 5.95. The number of unbranched alkanes of at least 4 members (excludes halogenated alkanes) is 4. The third-order valence-corrected chi connectivity index (χ3v) is 5.95. The van der Waals surface area contributed by atoms with Gasteiger partial charge in [0.1, 0.15) is 0 Å². The first kappa shape index (κ1) is 18.2. The number of hydrogen-bond donors (Lipinski definition) is 0. The lowest BCUT2D eigenvalue weighted by Crippen LogP contribution is -2.14. The predicted molar refractivity (Wildman–Crippen MR) is 110 cm³/mol. The van der Waals surface area contributed by atoms with Crippen LogP contribution >= 0.6 is 0 Å². The van der Waals surface area contributed by atoms with Crippen LogP contribution in [0.4, 0.5) is 0 Å². The molecule has 0 nitrogen and oxygen atoms in total. The van der Waals surface area contributed by atoms with Gasteiger partial charge in [-0.2, -0.15) is 0 Å². The van der Waals surface area contributed by atoms with Crippen LogP contribution in [-0.2, 0) is 19.3 Å². The zero-order valence-electron chi connectivity index (χ0n) is 16.2. The molecule has 0 saturated heterocycles. The second kappa shape index (κ2) is 9.22. The van der Waals surface area contributed by atoms with Crippen molar-refractivity contribution in [2.24, 2.45) is 5.92 Å². The summed E-state index contributed by atoms with van der Waals surface area (Å²) in [5, 5.41) is 0. The molecule has 3 rings (SSSR count). The highest BCUT2D eigenvalue weighted by atomic mass is 14.2. The molecule has 0 heteroatoms. The monoisotopic (exact) mass is 334 g/mol. The first-order chi connectivity index (χ1) is 12.3. The van der Waals surface area contributed by atoms with Crippen LogP contribution in [0, 0.1) is 5.92 Å². The number of aryl methyl sites for hydroxylation is 2. The van der Waals surface area contributed by atoms with Gasteiger partial charge in [-0.05, 0) is 59.4 Å². The molecule has 0 spiro atoms. The average Bonchev–Trinajstić information content (AvgIpc) is 2.67. The lowest BCUT2D eigenvalue weighted by atomic mass is 9.80. The molecular formula is C25H34. The molecule has 0 heterocycles. The number of hydrogen-bond acceptors (Lipinski definition) is 0. The van der Waals surface area contributed by atoms with E-state index in [1.54, 1.807) is 11.1 Å². The SMILES string of the molecule is CCCCCCCC1CCc2cc(-c3ccc(CC)cc3)ccc2C1. The average molecular weight is 335 g/mol. The van der Waals surface area contributed by atoms with E-state index in [0.717, 1.165) is 12.3 Å². The van der Waals surface area contributed by atoms with E-state index in [2.05, 4.69) is 56.3 Å². The Balaban J connectivity index is 1.59. The minimum Gasteiger partial charge on any atom is -0.0654 e. The molecule has 2 aromatic carbocycles. The van der Waals surface area contributed by atoms with Gasteiger partial charge >= 0.3 is 0 Å². The Morgan fingerprint density at radius 3 is 2.32 bits per heavy atom. The Morgan fingerprint density at radius 1 is 0.800 bits per heavy atom. The van der Waals surface area contributed by atoms with Crippen molar-refractivity contribution in [3.8, 4) is 11.1 Å². The Labute approximate surface area is 154 Å². The summed E-state index contributed by atoms with van der Waals surface area (Å²) < 4.78 is 0. The predicted octanol–water partition coefficient (Wildman–Crippen LogP) is 7.38. The first-order valence-corrected chi connectivity index (χ1v) is 10.5. The summed E-state index contributed by atoms with van der Waals surface area (Å²) >= 11 is 0. The first-order valence-electron chi connectivity index (χ1n) is 10.5. The minimum atomic E-state index is 0.920. The molecule has 0 radical (unpaired) electrons. The molecule has 2 aromatic rings. The van der Waals surface area contributed by atoms with Gasteiger partial charge in [0, 0.05) is 0 Å². The van der Waals surface area contributed by atoms with Gasteiger partial charge < -0.3 is 0 Å². The second-order valence-electron chi connectivity index (χ2n) is 7.85. The largest absolute Gasteiger partial charge is 0.0654 e. The summed E-state index contributed by atoms with van der Waals surface area (Å²) in [6.45, 7) is 4.51. The van der Waals surface area contributed by atoms with Gasteiger partial charge in [-0.3, -0.25) is 0 Å². The molecular weight excluding hydrogens is 300 g/mol. The Bertz CT molecular complexity index is 650. The van der Waals surface area contributed by atoms with E-state index >= 15 is 0 Å². The van der Waals surface area contributed by atoms with E-state index in [0.29, 0.717) is 0 Å². The van der Waals surface area contributed by atoms with Crippen LogP contribution in [-0.4, -0.2) is 0 Å². The molecule has 1 atom stereocenters. The lowest BCUT2D eigenvalue weighted by Gasteiger charge is -2.25. The topological polar surface area (TPSA) is 0 Å². The molecule has 0 aliphatic heterocycles. The van der Waals surface area contributed by atoms with Gasteiger partial charge in [0.15, 0.2) is 0 Å². The normalized spacial score (nSPS) is 16.6. The molecule has 0 saturated carbocycles. The lowest BCUT2D eigenvalue weighted by molar-refractivity contribution is 0.405. The third kappa shape index (κ3) is 4.97. The fourth-order valence-electron chi connectivity index (χ4n) is 4.23. The summed E-state index contributed by atoms with van der Waals surface area (Å²) in [5.41, 5.74) is 7.37. The smallest absolute Gasteiger partial charge is 0.0181 e. The van der Waals surface area contributed by atoms with Crippen LogP contribution in [0.25, 0.3) is 11.1 Å². The van der Waals surface area contributed by atoms with E-state index in [-0.39, 0.29) is 0 Å². The number of rotatable bonds is 8. The van der Waals surface area contributed by atoms with E-state index in [4.69, 9.17) is 0 Å². The molecule has 0 aromatic heterocycles. The van der Waals surface area contributed by atoms with Gasteiger partial charge in [0.25, 0.3) is 0 Å². The van der Waals surface area contributed by atoms with Gasteiger partial charge in [0.05, 0.1) is 0 Å². The van der Waals surface area contributed by atoms with Crippen LogP contribution in [0.3, 0.4) is 0 Å². The molecule has 1 aliphatic rings. The van der Waals surface area contributed by atoms with Crippen LogP contribution in [0.1, 0.15) is 75.5 Å². The summed E-state index contributed by atoms with van der Waals surface area (Å²) in [7, 11) is 0. The Kier molecular flexibility index (Phi) is 6.73. The standard InChI is InChI=1S/C25H34/c1-3-5-6-7-8-9-21-12-15-25-19-24(17-16-23(25)18-21)22-13-10-20(4-2)11-14-22/h10-11,13-14,16-17,19,21H,3-9,12,15,18H2,1-2H3. The van der Waals surface area contributed by atoms with Crippen LogP contribution in [0.2, 0.25) is 0 Å². The molecule has 0 bridgehead atoms. The molecule has 1 aliphatic carbocycles. The Hall–Kier alpha value is -1.56. The number of benzene rings is 2. The molecule has 0 fully saturated rings. The maximum Gasteiger partial charge on any atom is -0.0181 e. The van der Waals surface area contributed by atoms with Gasteiger partial charge in [-0.15, -0.1) is 0 Å². The van der Waals surface area contributed by atoms with E-state index in [9.17, 15) is 0 Å². The highest BCUT2D eigenvalue weighted by Crippen LogP contribution is 2.32. The summed E-state index contributed by atoms with van der Waals surface area (Å²) in [6.07, 6.45) is 13.6. The van der Waals surface area contributed by atoms with Crippen molar-refractivity contribution in [1.29, 1.82) is 0 Å². The van der Waals surface area contributed by atoms with E-state index < -0.39 is 0 Å². The number of fused-ring (bicyclic) bond motifs is 1.